The summed E-state index contributed by atoms with van der Waals surface area (Å²) < 4.78 is 12.9. The highest BCUT2D eigenvalue weighted by Crippen LogP contribution is 2.63. The number of benzene rings is 9. The lowest BCUT2D eigenvalue weighted by molar-refractivity contribution is 0.436. The Hall–Kier alpha value is -8.74. The van der Waals surface area contributed by atoms with E-state index in [2.05, 4.69) is 146 Å². The Morgan fingerprint density at radius 2 is 0.923 bits per heavy atom. The van der Waals surface area contributed by atoms with Crippen molar-refractivity contribution in [2.75, 3.05) is 0 Å². The molecule has 14 rings (SSSR count). The van der Waals surface area contributed by atoms with Crippen LogP contribution in [0.1, 0.15) is 22.3 Å². The molecule has 0 atom stereocenters. The fourth-order valence-electron chi connectivity index (χ4n) is 10.7. The third-order valence-electron chi connectivity index (χ3n) is 13.4. The van der Waals surface area contributed by atoms with E-state index < -0.39 is 5.41 Å². The molecule has 0 bridgehead atoms. The number of para-hydroxylation sites is 4. The second kappa shape index (κ2) is 13.6. The van der Waals surface area contributed by atoms with Crippen molar-refractivity contribution in [3.8, 4) is 68.0 Å². The van der Waals surface area contributed by atoms with Crippen LogP contribution in [0, 0.1) is 0 Å². The van der Waals surface area contributed by atoms with Crippen molar-refractivity contribution in [1.29, 1.82) is 0 Å². The summed E-state index contributed by atoms with van der Waals surface area (Å²) in [6.45, 7) is 0. The van der Waals surface area contributed by atoms with Gasteiger partial charge in [0.05, 0.1) is 16.6 Å². The molecule has 0 amide bonds. The van der Waals surface area contributed by atoms with Gasteiger partial charge in [-0.2, -0.15) is 0 Å². The van der Waals surface area contributed by atoms with Crippen molar-refractivity contribution in [2.24, 2.45) is 0 Å². The predicted octanol–water partition coefficient (Wildman–Crippen LogP) is 14.6. The molecule has 302 valence electrons. The summed E-state index contributed by atoms with van der Waals surface area (Å²) in [5.41, 5.74) is 13.8. The van der Waals surface area contributed by atoms with Crippen molar-refractivity contribution in [2.45, 2.75) is 5.41 Å². The van der Waals surface area contributed by atoms with Gasteiger partial charge in [-0.05, 0) is 52.6 Å². The molecular weight excluding hydrogens is 797 g/mol. The summed E-state index contributed by atoms with van der Waals surface area (Å²) in [7, 11) is 0. The Morgan fingerprint density at radius 1 is 0.338 bits per heavy atom. The quantitative estimate of drug-likeness (QED) is 0.165. The zero-order chi connectivity index (χ0) is 42.6. The van der Waals surface area contributed by atoms with E-state index in [0.29, 0.717) is 17.5 Å². The second-order valence-corrected chi connectivity index (χ2v) is 16.8. The van der Waals surface area contributed by atoms with Crippen molar-refractivity contribution < 1.29 is 9.15 Å². The smallest absolute Gasteiger partial charge is 0.164 e. The number of hydrogen-bond donors (Lipinski definition) is 0. The van der Waals surface area contributed by atoms with E-state index in [4.69, 9.17) is 29.1 Å². The summed E-state index contributed by atoms with van der Waals surface area (Å²) in [6.07, 6.45) is 0. The van der Waals surface area contributed by atoms with Gasteiger partial charge in [0, 0.05) is 60.3 Å². The van der Waals surface area contributed by atoms with Crippen LogP contribution >= 0.6 is 0 Å². The lowest BCUT2D eigenvalue weighted by atomic mass is 9.66. The van der Waals surface area contributed by atoms with E-state index in [0.717, 1.165) is 88.8 Å². The van der Waals surface area contributed by atoms with Crippen LogP contribution in [0.15, 0.2) is 211 Å². The molecule has 2 aliphatic rings. The molecule has 4 heterocycles. The van der Waals surface area contributed by atoms with Crippen molar-refractivity contribution in [1.82, 2.24) is 19.9 Å². The molecule has 65 heavy (non-hydrogen) atoms. The molecule has 1 aliphatic heterocycles. The number of nitrogens with zero attached hydrogens (tertiary/aromatic N) is 4. The minimum absolute atomic E-state index is 0.573. The van der Waals surface area contributed by atoms with Crippen LogP contribution in [0.25, 0.3) is 100 Å². The van der Waals surface area contributed by atoms with Crippen LogP contribution in [-0.2, 0) is 5.41 Å². The summed E-state index contributed by atoms with van der Waals surface area (Å²) >= 11 is 0. The average Bonchev–Trinajstić information content (AvgIpc) is 3.90. The second-order valence-electron chi connectivity index (χ2n) is 16.8. The van der Waals surface area contributed by atoms with E-state index in [-0.39, 0.29) is 0 Å². The Bertz CT molecular complexity index is 3890. The molecular formula is C59H34N4O2. The number of ether oxygens (including phenoxy) is 1. The monoisotopic (exact) mass is 830 g/mol. The van der Waals surface area contributed by atoms with Crippen LogP contribution < -0.4 is 4.74 Å². The van der Waals surface area contributed by atoms with Gasteiger partial charge in [-0.15, -0.1) is 0 Å². The summed E-state index contributed by atoms with van der Waals surface area (Å²) in [6, 6.07) is 71.9. The molecule has 0 fully saturated rings. The highest BCUT2D eigenvalue weighted by molar-refractivity contribution is 6.19. The molecule has 1 spiro atoms. The van der Waals surface area contributed by atoms with Crippen molar-refractivity contribution in [3.63, 3.8) is 0 Å². The SMILES string of the molecule is c1ccc(-c2nc(-c3ccc(-c4nc5ccccc5c5c6c(ccc45)C4(c5ccccc5Oc5ccccc54)c4ccccc4-6)cc3)nc(-c3cccc4oc5ccccc5c34)n2)cc1. The van der Waals surface area contributed by atoms with Gasteiger partial charge in [0.1, 0.15) is 22.7 Å². The lowest BCUT2D eigenvalue weighted by Gasteiger charge is -2.39. The maximum atomic E-state index is 6.63. The highest BCUT2D eigenvalue weighted by Gasteiger charge is 2.51. The Kier molecular flexibility index (Phi) is 7.51. The fraction of sp³-hybridized carbons (Fsp3) is 0.0169. The Balaban J connectivity index is 0.968. The van der Waals surface area contributed by atoms with E-state index in [9.17, 15) is 0 Å². The normalized spacial score (nSPS) is 13.2. The van der Waals surface area contributed by atoms with Crippen molar-refractivity contribution >= 4 is 43.6 Å². The first-order chi connectivity index (χ1) is 32.2. The first-order valence-electron chi connectivity index (χ1n) is 21.9. The van der Waals surface area contributed by atoms with Gasteiger partial charge in [-0.3, -0.25) is 0 Å². The maximum Gasteiger partial charge on any atom is 0.164 e. The zero-order valence-corrected chi connectivity index (χ0v) is 34.7. The van der Waals surface area contributed by atoms with Gasteiger partial charge in [-0.25, -0.2) is 19.9 Å². The first kappa shape index (κ1) is 35.8. The van der Waals surface area contributed by atoms with Crippen molar-refractivity contribution in [3.05, 3.63) is 229 Å². The van der Waals surface area contributed by atoms with Gasteiger partial charge in [-0.1, -0.05) is 176 Å². The molecule has 9 aromatic carbocycles. The largest absolute Gasteiger partial charge is 0.457 e. The number of fused-ring (bicyclic) bond motifs is 16. The minimum atomic E-state index is -0.573. The van der Waals surface area contributed by atoms with Crippen LogP contribution in [0.2, 0.25) is 0 Å². The number of pyridine rings is 1. The van der Waals surface area contributed by atoms with Crippen LogP contribution in [-0.4, -0.2) is 19.9 Å². The van der Waals surface area contributed by atoms with Gasteiger partial charge in [0.2, 0.25) is 0 Å². The molecule has 1 aliphatic carbocycles. The van der Waals surface area contributed by atoms with E-state index in [1.165, 1.54) is 27.6 Å². The van der Waals surface area contributed by atoms with Gasteiger partial charge in [0.15, 0.2) is 17.5 Å². The number of aromatic nitrogens is 4. The number of hydrogen-bond acceptors (Lipinski definition) is 6. The van der Waals surface area contributed by atoms with Crippen LogP contribution in [0.4, 0.5) is 0 Å². The summed E-state index contributed by atoms with van der Waals surface area (Å²) in [5.74, 6) is 3.52. The topological polar surface area (TPSA) is 73.9 Å². The summed E-state index contributed by atoms with van der Waals surface area (Å²) in [5, 5.41) is 5.40. The molecule has 0 saturated heterocycles. The standard InChI is InChI=1S/C59H34N4O2/c1-2-15-36(16-3-1)56-61-57(63-58(62-56)42-20-14-28-51-52(42)40-19-6-11-25-48(40)64-51)37-31-29-35(30-32-37)55-41-33-34-46-54(53(41)39-18-5-10-24-47(39)60-55)38-17-4-7-21-43(38)59(46)44-22-8-12-26-49(44)65-50-27-13-9-23-45(50)59/h1-34H. The highest BCUT2D eigenvalue weighted by atomic mass is 16.5. The average molecular weight is 831 g/mol. The van der Waals surface area contributed by atoms with Crippen LogP contribution in [0.5, 0.6) is 11.5 Å². The molecule has 0 unspecified atom stereocenters. The summed E-state index contributed by atoms with van der Waals surface area (Å²) in [4.78, 5) is 20.8. The molecule has 0 N–H and O–H groups in total. The minimum Gasteiger partial charge on any atom is -0.457 e. The molecule has 12 aromatic rings. The van der Waals surface area contributed by atoms with E-state index in [1.807, 2.05) is 60.7 Å². The first-order valence-corrected chi connectivity index (χ1v) is 21.9. The fourth-order valence-corrected chi connectivity index (χ4v) is 10.7. The lowest BCUT2D eigenvalue weighted by Crippen LogP contribution is -2.32. The molecule has 0 saturated carbocycles. The molecule has 3 aromatic heterocycles. The molecule has 0 radical (unpaired) electrons. The third-order valence-corrected chi connectivity index (χ3v) is 13.4. The molecule has 6 heteroatoms. The van der Waals surface area contributed by atoms with Gasteiger partial charge < -0.3 is 9.15 Å². The number of furan rings is 1. The third kappa shape index (κ3) is 5.10. The van der Waals surface area contributed by atoms with E-state index in [1.54, 1.807) is 0 Å². The van der Waals surface area contributed by atoms with Gasteiger partial charge >= 0.3 is 0 Å². The van der Waals surface area contributed by atoms with E-state index >= 15 is 0 Å². The number of rotatable bonds is 4. The zero-order valence-electron chi connectivity index (χ0n) is 34.7. The maximum absolute atomic E-state index is 6.63. The predicted molar refractivity (Wildman–Crippen MR) is 259 cm³/mol. The Labute approximate surface area is 373 Å². The Morgan fingerprint density at radius 3 is 1.71 bits per heavy atom. The van der Waals surface area contributed by atoms with Crippen LogP contribution in [0.3, 0.4) is 0 Å². The van der Waals surface area contributed by atoms with Gasteiger partial charge in [0.25, 0.3) is 0 Å². The molecule has 6 nitrogen and oxygen atoms in total.